The van der Waals surface area contributed by atoms with E-state index in [4.69, 9.17) is 9.47 Å². The Labute approximate surface area is 132 Å². The molecule has 0 radical (unpaired) electrons. The summed E-state index contributed by atoms with van der Waals surface area (Å²) in [5.74, 6) is 1.59. The van der Waals surface area contributed by atoms with Crippen molar-refractivity contribution in [2.75, 3.05) is 20.3 Å². The van der Waals surface area contributed by atoms with Crippen LogP contribution in [0, 0.1) is 0 Å². The van der Waals surface area contributed by atoms with E-state index in [2.05, 4.69) is 11.4 Å². The van der Waals surface area contributed by atoms with Gasteiger partial charge in [-0.05, 0) is 56.4 Å². The molecule has 120 valence electrons. The highest BCUT2D eigenvalue weighted by molar-refractivity contribution is 5.75. The predicted octanol–water partition coefficient (Wildman–Crippen LogP) is 3.47. The average molecular weight is 303 g/mol. The van der Waals surface area contributed by atoms with Gasteiger partial charge >= 0.3 is 0 Å². The van der Waals surface area contributed by atoms with E-state index in [0.717, 1.165) is 24.5 Å². The molecule has 1 N–H and O–H groups in total. The monoisotopic (exact) mass is 303 g/mol. The first kappa shape index (κ1) is 16.4. The Kier molecular flexibility index (Phi) is 6.81. The Bertz CT molecular complexity index is 494. The zero-order valence-electron chi connectivity index (χ0n) is 13.3. The molecule has 1 aliphatic rings. The van der Waals surface area contributed by atoms with Crippen LogP contribution in [0.1, 0.15) is 38.5 Å². The van der Waals surface area contributed by atoms with Crippen molar-refractivity contribution in [1.82, 2.24) is 5.32 Å². The largest absolute Gasteiger partial charge is 0.497 e. The lowest BCUT2D eigenvalue weighted by molar-refractivity contribution is -0.121. The van der Waals surface area contributed by atoms with Gasteiger partial charge in [0.2, 0.25) is 5.91 Å². The van der Waals surface area contributed by atoms with Crippen LogP contribution < -0.4 is 14.8 Å². The molecule has 0 fully saturated rings. The molecule has 0 unspecified atom stereocenters. The summed E-state index contributed by atoms with van der Waals surface area (Å²) in [6.45, 7) is 1.12. The molecular formula is C18H25NO3. The predicted molar refractivity (Wildman–Crippen MR) is 87.3 cm³/mol. The minimum Gasteiger partial charge on any atom is -0.497 e. The first-order valence-corrected chi connectivity index (χ1v) is 7.99. The third-order valence-corrected chi connectivity index (χ3v) is 3.81. The quantitative estimate of drug-likeness (QED) is 0.748. The topological polar surface area (TPSA) is 47.6 Å². The average Bonchev–Trinajstić information content (AvgIpc) is 2.56. The van der Waals surface area contributed by atoms with Crippen LogP contribution in [-0.4, -0.2) is 26.2 Å². The van der Waals surface area contributed by atoms with Crippen molar-refractivity contribution in [2.45, 2.75) is 38.5 Å². The molecule has 22 heavy (non-hydrogen) atoms. The van der Waals surface area contributed by atoms with Crippen LogP contribution in [-0.2, 0) is 4.79 Å². The number of hydrogen-bond donors (Lipinski definition) is 1. The molecule has 0 aromatic heterocycles. The molecule has 1 aromatic rings. The summed E-state index contributed by atoms with van der Waals surface area (Å²) in [4.78, 5) is 11.7. The molecular weight excluding hydrogens is 278 g/mol. The number of carbonyl (C=O) groups excluding carboxylic acids is 1. The highest BCUT2D eigenvalue weighted by Gasteiger charge is 2.05. The zero-order chi connectivity index (χ0) is 15.6. The van der Waals surface area contributed by atoms with Crippen LogP contribution in [0.15, 0.2) is 35.9 Å². The number of benzene rings is 1. The normalized spacial score (nSPS) is 14.1. The lowest BCUT2D eigenvalue weighted by Gasteiger charge is -2.13. The standard InChI is InChI=1S/C18H25NO3/c1-21-16-7-9-17(10-8-16)22-14-12-18(20)19-13-11-15-5-3-2-4-6-15/h5,7-10H,2-4,6,11-14H2,1H3,(H,19,20). The van der Waals surface area contributed by atoms with Gasteiger partial charge in [-0.15, -0.1) is 0 Å². The number of ether oxygens (including phenoxy) is 2. The number of methoxy groups -OCH3 is 1. The van der Waals surface area contributed by atoms with E-state index in [-0.39, 0.29) is 5.91 Å². The minimum absolute atomic E-state index is 0.0462. The van der Waals surface area contributed by atoms with Gasteiger partial charge in [0.05, 0.1) is 20.1 Å². The van der Waals surface area contributed by atoms with Crippen molar-refractivity contribution in [2.24, 2.45) is 0 Å². The van der Waals surface area contributed by atoms with E-state index in [9.17, 15) is 4.79 Å². The maximum absolute atomic E-state index is 11.7. The Morgan fingerprint density at radius 3 is 2.64 bits per heavy atom. The molecule has 1 amide bonds. The summed E-state index contributed by atoms with van der Waals surface area (Å²) in [7, 11) is 1.63. The molecule has 2 rings (SSSR count). The second-order valence-corrected chi connectivity index (χ2v) is 5.48. The molecule has 0 heterocycles. The van der Waals surface area contributed by atoms with Gasteiger partial charge in [-0.2, -0.15) is 0 Å². The number of amides is 1. The third kappa shape index (κ3) is 5.80. The van der Waals surface area contributed by atoms with Gasteiger partial charge in [0, 0.05) is 6.54 Å². The Hall–Kier alpha value is -1.97. The molecule has 0 saturated heterocycles. The molecule has 4 heteroatoms. The molecule has 1 aliphatic carbocycles. The van der Waals surface area contributed by atoms with Crippen molar-refractivity contribution in [3.8, 4) is 11.5 Å². The molecule has 4 nitrogen and oxygen atoms in total. The van der Waals surface area contributed by atoms with Gasteiger partial charge in [-0.3, -0.25) is 4.79 Å². The van der Waals surface area contributed by atoms with Crippen LogP contribution in [0.4, 0.5) is 0 Å². The smallest absolute Gasteiger partial charge is 0.223 e. The second-order valence-electron chi connectivity index (χ2n) is 5.48. The number of carbonyl (C=O) groups is 1. The van der Waals surface area contributed by atoms with Crippen molar-refractivity contribution in [3.05, 3.63) is 35.9 Å². The Morgan fingerprint density at radius 1 is 1.18 bits per heavy atom. The molecule has 0 saturated carbocycles. The Balaban J connectivity index is 1.57. The highest BCUT2D eigenvalue weighted by atomic mass is 16.5. The minimum atomic E-state index is 0.0462. The van der Waals surface area contributed by atoms with Crippen LogP contribution in [0.25, 0.3) is 0 Å². The molecule has 0 spiro atoms. The van der Waals surface area contributed by atoms with Gasteiger partial charge < -0.3 is 14.8 Å². The summed E-state index contributed by atoms with van der Waals surface area (Å²) in [6.07, 6.45) is 8.65. The Morgan fingerprint density at radius 2 is 1.95 bits per heavy atom. The zero-order valence-corrected chi connectivity index (χ0v) is 13.3. The van der Waals surface area contributed by atoms with E-state index in [1.54, 1.807) is 7.11 Å². The fourth-order valence-electron chi connectivity index (χ4n) is 2.52. The summed E-state index contributed by atoms with van der Waals surface area (Å²) in [5.41, 5.74) is 1.49. The fourth-order valence-corrected chi connectivity index (χ4v) is 2.52. The molecule has 0 bridgehead atoms. The lowest BCUT2D eigenvalue weighted by atomic mass is 9.97. The van der Waals surface area contributed by atoms with E-state index >= 15 is 0 Å². The summed E-state index contributed by atoms with van der Waals surface area (Å²) < 4.78 is 10.6. The third-order valence-electron chi connectivity index (χ3n) is 3.81. The van der Waals surface area contributed by atoms with Crippen LogP contribution in [0.2, 0.25) is 0 Å². The van der Waals surface area contributed by atoms with Gasteiger partial charge in [-0.25, -0.2) is 0 Å². The molecule has 0 aliphatic heterocycles. The van der Waals surface area contributed by atoms with E-state index in [1.807, 2.05) is 24.3 Å². The number of rotatable bonds is 8. The first-order valence-electron chi connectivity index (χ1n) is 7.99. The fraction of sp³-hybridized carbons (Fsp3) is 0.500. The van der Waals surface area contributed by atoms with Gasteiger partial charge in [0.25, 0.3) is 0 Å². The summed E-state index contributed by atoms with van der Waals surface area (Å²) >= 11 is 0. The first-order chi connectivity index (χ1) is 10.8. The van der Waals surface area contributed by atoms with Crippen LogP contribution in [0.5, 0.6) is 11.5 Å². The lowest BCUT2D eigenvalue weighted by Crippen LogP contribution is -2.26. The van der Waals surface area contributed by atoms with Crippen molar-refractivity contribution >= 4 is 5.91 Å². The van der Waals surface area contributed by atoms with Gasteiger partial charge in [-0.1, -0.05) is 11.6 Å². The van der Waals surface area contributed by atoms with Crippen molar-refractivity contribution in [1.29, 1.82) is 0 Å². The molecule has 1 aromatic carbocycles. The van der Waals surface area contributed by atoms with Gasteiger partial charge in [0.15, 0.2) is 0 Å². The number of allylic oxidation sites excluding steroid dienone is 1. The SMILES string of the molecule is COc1ccc(OCCC(=O)NCCC2=CCCCC2)cc1. The van der Waals surface area contributed by atoms with E-state index in [1.165, 1.54) is 31.3 Å². The van der Waals surface area contributed by atoms with Crippen LogP contribution >= 0.6 is 0 Å². The second kappa shape index (κ2) is 9.13. The highest BCUT2D eigenvalue weighted by Crippen LogP contribution is 2.19. The van der Waals surface area contributed by atoms with Crippen LogP contribution in [0.3, 0.4) is 0 Å². The maximum atomic E-state index is 11.7. The van der Waals surface area contributed by atoms with E-state index in [0.29, 0.717) is 13.0 Å². The van der Waals surface area contributed by atoms with Crippen molar-refractivity contribution in [3.63, 3.8) is 0 Å². The summed E-state index contributed by atoms with van der Waals surface area (Å²) in [5, 5.41) is 2.95. The number of nitrogens with one attached hydrogen (secondary N) is 1. The van der Waals surface area contributed by atoms with Crippen molar-refractivity contribution < 1.29 is 14.3 Å². The molecule has 0 atom stereocenters. The van der Waals surface area contributed by atoms with E-state index < -0.39 is 0 Å². The van der Waals surface area contributed by atoms with Gasteiger partial charge in [0.1, 0.15) is 11.5 Å². The maximum Gasteiger partial charge on any atom is 0.223 e. The number of hydrogen-bond acceptors (Lipinski definition) is 3. The summed E-state index contributed by atoms with van der Waals surface area (Å²) in [6, 6.07) is 7.36.